The van der Waals surface area contributed by atoms with Gasteiger partial charge in [0.1, 0.15) is 16.0 Å². The molecular weight excluding hydrogens is 445 g/mol. The molecule has 0 aliphatic heterocycles. The number of ether oxygens (including phenoxy) is 2. The summed E-state index contributed by atoms with van der Waals surface area (Å²) in [6.45, 7) is 0. The van der Waals surface area contributed by atoms with Gasteiger partial charge in [-0.3, -0.25) is 0 Å². The minimum atomic E-state index is 0.0512. The van der Waals surface area contributed by atoms with Crippen molar-refractivity contribution in [3.05, 3.63) is 55.6 Å². The highest BCUT2D eigenvalue weighted by molar-refractivity contribution is 14.1. The Morgan fingerprint density at radius 1 is 1.05 bits per heavy atom. The van der Waals surface area contributed by atoms with Gasteiger partial charge in [-0.15, -0.1) is 0 Å². The van der Waals surface area contributed by atoms with Crippen molar-refractivity contribution in [2.24, 2.45) is 0 Å². The lowest BCUT2D eigenvalue weighted by atomic mass is 9.98. The Morgan fingerprint density at radius 2 is 1.76 bits per heavy atom. The summed E-state index contributed by atoms with van der Waals surface area (Å²) in [7, 11) is 5.27. The number of rotatable bonds is 5. The van der Waals surface area contributed by atoms with Gasteiger partial charge in [0, 0.05) is 9.13 Å². The quantitative estimate of drug-likeness (QED) is 0.670. The Morgan fingerprint density at radius 3 is 2.33 bits per heavy atom. The Labute approximate surface area is 147 Å². The third kappa shape index (κ3) is 3.35. The summed E-state index contributed by atoms with van der Waals surface area (Å²) in [6, 6.07) is 12.3. The number of benzene rings is 2. The average molecular weight is 462 g/mol. The molecule has 0 saturated heterocycles. The maximum Gasteiger partial charge on any atom is 0.141 e. The standard InChI is InChI=1S/C16H17BrINO2/c1-19-15(10-6-4-5-7-12(10)18)11-8-9-13(20-2)14(17)16(11)21-3/h4-9,15,19H,1-3H3. The van der Waals surface area contributed by atoms with Crippen LogP contribution in [0, 0.1) is 3.57 Å². The smallest absolute Gasteiger partial charge is 0.141 e. The zero-order valence-corrected chi connectivity index (χ0v) is 15.9. The maximum atomic E-state index is 5.59. The van der Waals surface area contributed by atoms with E-state index in [2.05, 4.69) is 56.0 Å². The molecule has 0 amide bonds. The van der Waals surface area contributed by atoms with Crippen LogP contribution in [0.1, 0.15) is 17.2 Å². The monoisotopic (exact) mass is 461 g/mol. The third-order valence-corrected chi connectivity index (χ3v) is 5.07. The van der Waals surface area contributed by atoms with Gasteiger partial charge in [-0.1, -0.05) is 18.2 Å². The predicted molar refractivity (Wildman–Crippen MR) is 97.3 cm³/mol. The van der Waals surface area contributed by atoms with Gasteiger partial charge in [-0.05, 0) is 69.3 Å². The zero-order valence-electron chi connectivity index (χ0n) is 12.1. The van der Waals surface area contributed by atoms with E-state index in [0.29, 0.717) is 0 Å². The number of hydrogen-bond donors (Lipinski definition) is 1. The second-order valence-corrected chi connectivity index (χ2v) is 6.40. The van der Waals surface area contributed by atoms with Crippen molar-refractivity contribution < 1.29 is 9.47 Å². The van der Waals surface area contributed by atoms with Crippen molar-refractivity contribution in [1.29, 1.82) is 0 Å². The van der Waals surface area contributed by atoms with Crippen molar-refractivity contribution in [3.63, 3.8) is 0 Å². The molecule has 2 aromatic rings. The molecule has 112 valence electrons. The molecule has 2 rings (SSSR count). The van der Waals surface area contributed by atoms with E-state index in [1.165, 1.54) is 9.13 Å². The summed E-state index contributed by atoms with van der Waals surface area (Å²) >= 11 is 5.92. The van der Waals surface area contributed by atoms with Gasteiger partial charge in [0.25, 0.3) is 0 Å². The molecule has 1 atom stereocenters. The van der Waals surface area contributed by atoms with Crippen LogP contribution >= 0.6 is 38.5 Å². The van der Waals surface area contributed by atoms with Gasteiger partial charge in [-0.2, -0.15) is 0 Å². The van der Waals surface area contributed by atoms with Gasteiger partial charge in [-0.25, -0.2) is 0 Å². The van der Waals surface area contributed by atoms with Crippen LogP contribution in [0.25, 0.3) is 0 Å². The molecule has 2 aromatic carbocycles. The molecule has 0 saturated carbocycles. The molecule has 0 radical (unpaired) electrons. The molecule has 0 heterocycles. The lowest BCUT2D eigenvalue weighted by molar-refractivity contribution is 0.383. The van der Waals surface area contributed by atoms with Crippen molar-refractivity contribution in [3.8, 4) is 11.5 Å². The lowest BCUT2D eigenvalue weighted by Gasteiger charge is -2.22. The summed E-state index contributed by atoms with van der Waals surface area (Å²) in [6.07, 6.45) is 0. The fourth-order valence-corrected chi connectivity index (χ4v) is 3.72. The predicted octanol–water partition coefficient (Wildman–Crippen LogP) is 4.38. The summed E-state index contributed by atoms with van der Waals surface area (Å²) in [5.41, 5.74) is 2.28. The van der Waals surface area contributed by atoms with Crippen molar-refractivity contribution in [2.45, 2.75) is 6.04 Å². The van der Waals surface area contributed by atoms with Gasteiger partial charge >= 0.3 is 0 Å². The topological polar surface area (TPSA) is 30.5 Å². The fraction of sp³-hybridized carbons (Fsp3) is 0.250. The molecule has 0 aliphatic carbocycles. The normalized spacial score (nSPS) is 12.0. The maximum absolute atomic E-state index is 5.59. The first-order valence-corrected chi connectivity index (χ1v) is 8.33. The van der Waals surface area contributed by atoms with Crippen LogP contribution in [0.15, 0.2) is 40.9 Å². The lowest BCUT2D eigenvalue weighted by Crippen LogP contribution is -2.19. The molecular formula is C16H17BrINO2. The van der Waals surface area contributed by atoms with Crippen LogP contribution < -0.4 is 14.8 Å². The first-order chi connectivity index (χ1) is 10.1. The third-order valence-electron chi connectivity index (χ3n) is 3.33. The molecule has 0 aliphatic rings. The highest BCUT2D eigenvalue weighted by Gasteiger charge is 2.22. The molecule has 3 nitrogen and oxygen atoms in total. The van der Waals surface area contributed by atoms with E-state index < -0.39 is 0 Å². The second kappa shape index (κ2) is 7.47. The first-order valence-electron chi connectivity index (χ1n) is 6.46. The van der Waals surface area contributed by atoms with E-state index in [9.17, 15) is 0 Å². The van der Waals surface area contributed by atoms with E-state index >= 15 is 0 Å². The van der Waals surface area contributed by atoms with Crippen LogP contribution in [-0.2, 0) is 0 Å². The Kier molecular flexibility index (Phi) is 5.89. The van der Waals surface area contributed by atoms with E-state index in [1.54, 1.807) is 14.2 Å². The molecule has 0 aromatic heterocycles. The minimum Gasteiger partial charge on any atom is -0.495 e. The molecule has 21 heavy (non-hydrogen) atoms. The molecule has 0 fully saturated rings. The van der Waals surface area contributed by atoms with E-state index in [-0.39, 0.29) is 6.04 Å². The Bertz CT molecular complexity index is 634. The van der Waals surface area contributed by atoms with E-state index in [4.69, 9.17) is 9.47 Å². The zero-order chi connectivity index (χ0) is 15.4. The van der Waals surface area contributed by atoms with Gasteiger partial charge in [0.2, 0.25) is 0 Å². The average Bonchev–Trinajstić information content (AvgIpc) is 2.50. The highest BCUT2D eigenvalue weighted by atomic mass is 127. The summed E-state index contributed by atoms with van der Waals surface area (Å²) in [5, 5.41) is 3.37. The van der Waals surface area contributed by atoms with Crippen molar-refractivity contribution in [1.82, 2.24) is 5.32 Å². The van der Waals surface area contributed by atoms with Gasteiger partial charge < -0.3 is 14.8 Å². The number of halogens is 2. The number of hydrogen-bond acceptors (Lipinski definition) is 3. The Hall–Kier alpha value is -0.790. The fourth-order valence-electron chi connectivity index (χ4n) is 2.33. The van der Waals surface area contributed by atoms with E-state index in [1.807, 2.05) is 31.3 Å². The van der Waals surface area contributed by atoms with Crippen LogP contribution in [-0.4, -0.2) is 21.3 Å². The number of methoxy groups -OCH3 is 2. The SMILES string of the molecule is CNC(c1ccccc1I)c1ccc(OC)c(Br)c1OC. The molecule has 1 N–H and O–H groups in total. The highest BCUT2D eigenvalue weighted by Crippen LogP contribution is 2.41. The largest absolute Gasteiger partial charge is 0.495 e. The van der Waals surface area contributed by atoms with E-state index in [0.717, 1.165) is 21.5 Å². The summed E-state index contributed by atoms with van der Waals surface area (Å²) in [5.74, 6) is 1.54. The van der Waals surface area contributed by atoms with Crippen molar-refractivity contribution in [2.75, 3.05) is 21.3 Å². The molecule has 0 bridgehead atoms. The first kappa shape index (κ1) is 16.6. The second-order valence-electron chi connectivity index (χ2n) is 4.45. The van der Waals surface area contributed by atoms with Gasteiger partial charge in [0.15, 0.2) is 0 Å². The minimum absolute atomic E-state index is 0.0512. The van der Waals surface area contributed by atoms with Crippen LogP contribution in [0.5, 0.6) is 11.5 Å². The molecule has 5 heteroatoms. The Balaban J connectivity index is 2.58. The summed E-state index contributed by atoms with van der Waals surface area (Å²) in [4.78, 5) is 0. The van der Waals surface area contributed by atoms with Crippen LogP contribution in [0.4, 0.5) is 0 Å². The summed E-state index contributed by atoms with van der Waals surface area (Å²) < 4.78 is 13.0. The van der Waals surface area contributed by atoms with Gasteiger partial charge in [0.05, 0.1) is 20.3 Å². The molecule has 1 unspecified atom stereocenters. The molecule has 0 spiro atoms. The van der Waals surface area contributed by atoms with Crippen molar-refractivity contribution >= 4 is 38.5 Å². The van der Waals surface area contributed by atoms with Crippen LogP contribution in [0.2, 0.25) is 0 Å². The number of nitrogens with one attached hydrogen (secondary N) is 1. The van der Waals surface area contributed by atoms with Crippen LogP contribution in [0.3, 0.4) is 0 Å².